The summed E-state index contributed by atoms with van der Waals surface area (Å²) >= 11 is 0. The second-order valence-corrected chi connectivity index (χ2v) is 7.59. The van der Waals surface area contributed by atoms with Crippen LogP contribution in [0.3, 0.4) is 0 Å². The van der Waals surface area contributed by atoms with Crippen molar-refractivity contribution < 1.29 is 24.2 Å². The monoisotopic (exact) mass is 423 g/mol. The predicted molar refractivity (Wildman–Crippen MR) is 119 cm³/mol. The second kappa shape index (κ2) is 9.69. The zero-order chi connectivity index (χ0) is 22.5. The quantitative estimate of drug-likeness (QED) is 0.381. The van der Waals surface area contributed by atoms with E-state index in [2.05, 4.69) is 0 Å². The Morgan fingerprint density at radius 1 is 1.06 bits per heavy atom. The van der Waals surface area contributed by atoms with Crippen LogP contribution < -0.4 is 9.47 Å². The standard InChI is InChI=1S/C25H29NO5/c1-5-12-26-22(17-8-7-9-19(15-17)31-13-6-2)21(24(28)25(26)29)23(27)20-11-10-18(30-4)14-16(20)3/h7-11,14-15,22,27H,5-6,12-13H2,1-4H3/b23-21+. The van der Waals surface area contributed by atoms with Crippen molar-refractivity contribution in [1.29, 1.82) is 0 Å². The second-order valence-electron chi connectivity index (χ2n) is 7.59. The summed E-state index contributed by atoms with van der Waals surface area (Å²) < 4.78 is 11.0. The summed E-state index contributed by atoms with van der Waals surface area (Å²) in [7, 11) is 1.57. The van der Waals surface area contributed by atoms with E-state index in [1.807, 2.05) is 45.0 Å². The number of Topliss-reactive ketones (excluding diaryl/α,β-unsaturated/α-hetero) is 1. The normalized spacial score (nSPS) is 17.8. The van der Waals surface area contributed by atoms with Gasteiger partial charge in [0.25, 0.3) is 11.7 Å². The van der Waals surface area contributed by atoms with Gasteiger partial charge in [-0.3, -0.25) is 9.59 Å². The molecule has 0 bridgehead atoms. The maximum atomic E-state index is 13.0. The summed E-state index contributed by atoms with van der Waals surface area (Å²) in [6.07, 6.45) is 1.56. The molecule has 2 aromatic carbocycles. The van der Waals surface area contributed by atoms with Gasteiger partial charge in [0.15, 0.2) is 0 Å². The molecule has 0 aromatic heterocycles. The number of ether oxygens (including phenoxy) is 2. The molecule has 1 aliphatic rings. The van der Waals surface area contributed by atoms with Gasteiger partial charge in [-0.25, -0.2) is 0 Å². The molecule has 6 nitrogen and oxygen atoms in total. The van der Waals surface area contributed by atoms with E-state index in [9.17, 15) is 14.7 Å². The largest absolute Gasteiger partial charge is 0.507 e. The average molecular weight is 424 g/mol. The first kappa shape index (κ1) is 22.4. The highest BCUT2D eigenvalue weighted by molar-refractivity contribution is 6.46. The molecule has 3 rings (SSSR count). The van der Waals surface area contributed by atoms with Gasteiger partial charge in [0, 0.05) is 12.1 Å². The summed E-state index contributed by atoms with van der Waals surface area (Å²) in [6.45, 7) is 6.78. The van der Waals surface area contributed by atoms with Crippen molar-refractivity contribution in [2.24, 2.45) is 0 Å². The van der Waals surface area contributed by atoms with Crippen molar-refractivity contribution in [2.75, 3.05) is 20.3 Å². The maximum Gasteiger partial charge on any atom is 0.295 e. The lowest BCUT2D eigenvalue weighted by Gasteiger charge is -2.25. The zero-order valence-electron chi connectivity index (χ0n) is 18.5. The fraction of sp³-hybridized carbons (Fsp3) is 0.360. The van der Waals surface area contributed by atoms with Gasteiger partial charge >= 0.3 is 0 Å². The van der Waals surface area contributed by atoms with Crippen LogP contribution in [0.15, 0.2) is 48.0 Å². The van der Waals surface area contributed by atoms with Crippen LogP contribution in [0.25, 0.3) is 5.76 Å². The van der Waals surface area contributed by atoms with Crippen molar-refractivity contribution in [3.05, 3.63) is 64.7 Å². The van der Waals surface area contributed by atoms with Gasteiger partial charge in [0.05, 0.1) is 25.3 Å². The molecule has 1 saturated heterocycles. The van der Waals surface area contributed by atoms with Gasteiger partial charge in [-0.1, -0.05) is 26.0 Å². The van der Waals surface area contributed by atoms with Gasteiger partial charge < -0.3 is 19.5 Å². The Balaban J connectivity index is 2.15. The van der Waals surface area contributed by atoms with Crippen molar-refractivity contribution in [1.82, 2.24) is 4.90 Å². The Kier molecular flexibility index (Phi) is 7.00. The molecule has 6 heteroatoms. The molecule has 0 aliphatic carbocycles. The Hall–Kier alpha value is -3.28. The highest BCUT2D eigenvalue weighted by Gasteiger charge is 2.45. The van der Waals surface area contributed by atoms with Gasteiger partial charge in [-0.2, -0.15) is 0 Å². The molecular weight excluding hydrogens is 394 g/mol. The number of aliphatic hydroxyl groups excluding tert-OH is 1. The number of nitrogens with zero attached hydrogens (tertiary/aromatic N) is 1. The van der Waals surface area contributed by atoms with E-state index in [4.69, 9.17) is 9.47 Å². The number of hydrogen-bond acceptors (Lipinski definition) is 5. The third-order valence-electron chi connectivity index (χ3n) is 5.34. The highest BCUT2D eigenvalue weighted by Crippen LogP contribution is 2.41. The lowest BCUT2D eigenvalue weighted by molar-refractivity contribution is -0.139. The Morgan fingerprint density at radius 3 is 2.48 bits per heavy atom. The van der Waals surface area contributed by atoms with Gasteiger partial charge in [0.2, 0.25) is 0 Å². The first-order valence-electron chi connectivity index (χ1n) is 10.6. The van der Waals surface area contributed by atoms with E-state index in [1.165, 1.54) is 4.90 Å². The summed E-state index contributed by atoms with van der Waals surface area (Å²) in [5.74, 6) is -0.132. The summed E-state index contributed by atoms with van der Waals surface area (Å²) in [6, 6.07) is 11.9. The lowest BCUT2D eigenvalue weighted by atomic mass is 9.93. The van der Waals surface area contributed by atoms with Crippen molar-refractivity contribution >= 4 is 17.4 Å². The number of ketones is 1. The fourth-order valence-corrected chi connectivity index (χ4v) is 3.87. The van der Waals surface area contributed by atoms with Gasteiger partial charge in [-0.15, -0.1) is 0 Å². The summed E-state index contributed by atoms with van der Waals surface area (Å²) in [5.41, 5.74) is 2.07. The average Bonchev–Trinajstić information content (AvgIpc) is 3.02. The summed E-state index contributed by atoms with van der Waals surface area (Å²) in [5, 5.41) is 11.2. The van der Waals surface area contributed by atoms with Crippen LogP contribution in [-0.2, 0) is 9.59 Å². The number of rotatable bonds is 8. The number of benzene rings is 2. The molecule has 1 aliphatic heterocycles. The van der Waals surface area contributed by atoms with E-state index in [-0.39, 0.29) is 11.3 Å². The first-order valence-corrected chi connectivity index (χ1v) is 10.6. The number of carbonyl (C=O) groups excluding carboxylic acids is 2. The van der Waals surface area contributed by atoms with Crippen LogP contribution in [0.2, 0.25) is 0 Å². The third-order valence-corrected chi connectivity index (χ3v) is 5.34. The van der Waals surface area contributed by atoms with Crippen LogP contribution in [0, 0.1) is 6.92 Å². The molecule has 1 amide bonds. The van der Waals surface area contributed by atoms with Crippen molar-refractivity contribution in [3.8, 4) is 11.5 Å². The number of likely N-dealkylation sites (tertiary alicyclic amines) is 1. The minimum atomic E-state index is -0.675. The molecule has 1 atom stereocenters. The number of carbonyl (C=O) groups is 2. The maximum absolute atomic E-state index is 13.0. The van der Waals surface area contributed by atoms with E-state index in [0.29, 0.717) is 36.6 Å². The van der Waals surface area contributed by atoms with Crippen molar-refractivity contribution in [2.45, 2.75) is 39.7 Å². The highest BCUT2D eigenvalue weighted by atomic mass is 16.5. The van der Waals surface area contributed by atoms with Crippen molar-refractivity contribution in [3.63, 3.8) is 0 Å². The number of aliphatic hydroxyl groups is 1. The Bertz CT molecular complexity index is 1010. The van der Waals surface area contributed by atoms with Crippen LogP contribution in [-0.4, -0.2) is 42.0 Å². The molecular formula is C25H29NO5. The number of aryl methyl sites for hydroxylation is 1. The smallest absolute Gasteiger partial charge is 0.295 e. The van der Waals surface area contributed by atoms with E-state index >= 15 is 0 Å². The number of methoxy groups -OCH3 is 1. The van der Waals surface area contributed by atoms with Crippen LogP contribution in [0.4, 0.5) is 0 Å². The SMILES string of the molecule is CCCOc1cccc(C2/C(=C(\O)c3ccc(OC)cc3C)C(=O)C(=O)N2CCC)c1. The van der Waals surface area contributed by atoms with E-state index in [1.54, 1.807) is 25.3 Å². The van der Waals surface area contributed by atoms with E-state index in [0.717, 1.165) is 17.5 Å². The Morgan fingerprint density at radius 2 is 1.84 bits per heavy atom. The number of hydrogen-bond donors (Lipinski definition) is 1. The molecule has 1 fully saturated rings. The molecule has 2 aromatic rings. The predicted octanol–water partition coefficient (Wildman–Crippen LogP) is 4.62. The minimum Gasteiger partial charge on any atom is -0.507 e. The lowest BCUT2D eigenvalue weighted by Crippen LogP contribution is -2.30. The molecule has 1 unspecified atom stereocenters. The minimum absolute atomic E-state index is 0.0966. The first-order chi connectivity index (χ1) is 14.9. The Labute approximate surface area is 183 Å². The molecule has 1 N–H and O–H groups in total. The van der Waals surface area contributed by atoms with Gasteiger partial charge in [-0.05, 0) is 61.2 Å². The topological polar surface area (TPSA) is 76.1 Å². The molecule has 0 saturated carbocycles. The van der Waals surface area contributed by atoms with Crippen LogP contribution in [0.1, 0.15) is 49.4 Å². The van der Waals surface area contributed by atoms with Gasteiger partial charge in [0.1, 0.15) is 17.3 Å². The fourth-order valence-electron chi connectivity index (χ4n) is 3.87. The van der Waals surface area contributed by atoms with Crippen LogP contribution >= 0.6 is 0 Å². The molecule has 31 heavy (non-hydrogen) atoms. The van der Waals surface area contributed by atoms with E-state index < -0.39 is 17.7 Å². The van der Waals surface area contributed by atoms with Crippen LogP contribution in [0.5, 0.6) is 11.5 Å². The zero-order valence-corrected chi connectivity index (χ0v) is 18.5. The third kappa shape index (κ3) is 4.43. The summed E-state index contributed by atoms with van der Waals surface area (Å²) in [4.78, 5) is 27.4. The molecule has 0 radical (unpaired) electrons. The molecule has 0 spiro atoms. The molecule has 164 valence electrons. The number of amides is 1. The molecule has 1 heterocycles.